The molecule has 0 aliphatic heterocycles. The van der Waals surface area contributed by atoms with Crippen LogP contribution in [0, 0.1) is 11.3 Å². The molecule has 25 heavy (non-hydrogen) atoms. The molecule has 0 bridgehead atoms. The van der Waals surface area contributed by atoms with E-state index in [2.05, 4.69) is 5.32 Å². The number of anilines is 2. The summed E-state index contributed by atoms with van der Waals surface area (Å²) in [6.07, 6.45) is 1.53. The third-order valence-electron chi connectivity index (χ3n) is 3.61. The van der Waals surface area contributed by atoms with E-state index < -0.39 is 5.91 Å². The van der Waals surface area contributed by atoms with Crippen LogP contribution < -0.4 is 10.2 Å². The molecule has 0 aliphatic rings. The van der Waals surface area contributed by atoms with Crippen LogP contribution >= 0.6 is 0 Å². The first-order valence-corrected chi connectivity index (χ1v) is 7.91. The molecule has 2 rings (SSSR count). The van der Waals surface area contributed by atoms with Crippen molar-refractivity contribution in [2.45, 2.75) is 13.8 Å². The average Bonchev–Trinajstić information content (AvgIpc) is 2.63. The molecule has 126 valence electrons. The fourth-order valence-corrected chi connectivity index (χ4v) is 2.28. The molecule has 0 atom stereocenters. The van der Waals surface area contributed by atoms with Crippen molar-refractivity contribution in [3.8, 4) is 6.07 Å². The fourth-order valence-electron chi connectivity index (χ4n) is 2.28. The van der Waals surface area contributed by atoms with Crippen LogP contribution in [-0.2, 0) is 4.79 Å². The number of hydrogen-bond acceptors (Lipinski definition) is 4. The largest absolute Gasteiger partial charge is 0.347 e. The molecule has 0 aliphatic carbocycles. The van der Waals surface area contributed by atoms with E-state index in [9.17, 15) is 14.9 Å². The highest BCUT2D eigenvalue weighted by atomic mass is 16.1. The number of para-hydroxylation sites is 1. The summed E-state index contributed by atoms with van der Waals surface area (Å²) in [6, 6.07) is 18.1. The van der Waals surface area contributed by atoms with E-state index in [4.69, 9.17) is 0 Å². The van der Waals surface area contributed by atoms with E-state index in [1.165, 1.54) is 13.1 Å². The first kappa shape index (κ1) is 18.0. The zero-order chi connectivity index (χ0) is 18.2. The Bertz CT molecular complexity index is 836. The van der Waals surface area contributed by atoms with E-state index >= 15 is 0 Å². The maximum absolute atomic E-state index is 12.4. The lowest BCUT2D eigenvalue weighted by Gasteiger charge is -2.18. The molecule has 0 saturated carbocycles. The molecule has 0 fully saturated rings. The average molecular weight is 333 g/mol. The minimum Gasteiger partial charge on any atom is -0.347 e. The molecule has 0 radical (unpaired) electrons. The fraction of sp³-hybridized carbons (Fsp3) is 0.150. The van der Waals surface area contributed by atoms with Crippen LogP contribution in [0.4, 0.5) is 11.4 Å². The van der Waals surface area contributed by atoms with E-state index in [0.717, 1.165) is 5.69 Å². The van der Waals surface area contributed by atoms with Gasteiger partial charge in [0.05, 0.1) is 0 Å². The summed E-state index contributed by atoms with van der Waals surface area (Å²) in [4.78, 5) is 25.6. The Morgan fingerprint density at radius 1 is 1.16 bits per heavy atom. The van der Waals surface area contributed by atoms with Crippen LogP contribution in [0.5, 0.6) is 0 Å². The molecular weight excluding hydrogens is 314 g/mol. The van der Waals surface area contributed by atoms with Crippen LogP contribution in [0.15, 0.2) is 66.4 Å². The molecule has 5 nitrogen and oxygen atoms in total. The SMILES string of the molecule is CCN(/C=C(/C#N)C(=O)Nc1cccc(C(C)=O)c1)c1ccccc1. The zero-order valence-corrected chi connectivity index (χ0v) is 14.2. The van der Waals surface area contributed by atoms with Gasteiger partial charge in [-0.25, -0.2) is 0 Å². The van der Waals surface area contributed by atoms with Gasteiger partial charge in [0.15, 0.2) is 5.78 Å². The van der Waals surface area contributed by atoms with E-state index in [1.54, 1.807) is 24.3 Å². The zero-order valence-electron chi connectivity index (χ0n) is 14.2. The Balaban J connectivity index is 2.22. The number of benzene rings is 2. The first-order valence-electron chi connectivity index (χ1n) is 7.91. The Morgan fingerprint density at radius 2 is 1.88 bits per heavy atom. The van der Waals surface area contributed by atoms with Crippen molar-refractivity contribution in [1.29, 1.82) is 5.26 Å². The summed E-state index contributed by atoms with van der Waals surface area (Å²) >= 11 is 0. The lowest BCUT2D eigenvalue weighted by atomic mass is 10.1. The molecule has 5 heteroatoms. The highest BCUT2D eigenvalue weighted by molar-refractivity contribution is 6.07. The van der Waals surface area contributed by atoms with Gasteiger partial charge in [0.25, 0.3) is 5.91 Å². The Hall–Kier alpha value is -3.39. The number of rotatable bonds is 6. The third kappa shape index (κ3) is 4.79. The van der Waals surface area contributed by atoms with Gasteiger partial charge in [-0.3, -0.25) is 9.59 Å². The Morgan fingerprint density at radius 3 is 2.48 bits per heavy atom. The van der Waals surface area contributed by atoms with Crippen molar-refractivity contribution < 1.29 is 9.59 Å². The molecule has 1 N–H and O–H groups in total. The topological polar surface area (TPSA) is 73.2 Å². The van der Waals surface area contributed by atoms with Crippen LogP contribution in [0.2, 0.25) is 0 Å². The van der Waals surface area contributed by atoms with Gasteiger partial charge in [-0.1, -0.05) is 30.3 Å². The summed E-state index contributed by atoms with van der Waals surface area (Å²) in [5, 5.41) is 12.0. The van der Waals surface area contributed by atoms with Crippen molar-refractivity contribution in [3.05, 3.63) is 71.9 Å². The van der Waals surface area contributed by atoms with Crippen molar-refractivity contribution in [1.82, 2.24) is 0 Å². The van der Waals surface area contributed by atoms with Gasteiger partial charge in [-0.2, -0.15) is 5.26 Å². The van der Waals surface area contributed by atoms with Crippen LogP contribution in [-0.4, -0.2) is 18.2 Å². The third-order valence-corrected chi connectivity index (χ3v) is 3.61. The number of nitrogens with one attached hydrogen (secondary N) is 1. The lowest BCUT2D eigenvalue weighted by molar-refractivity contribution is -0.112. The second kappa shape index (κ2) is 8.46. The molecular formula is C20H19N3O2. The normalized spacial score (nSPS) is 10.7. The van der Waals surface area contributed by atoms with Crippen molar-refractivity contribution in [2.24, 2.45) is 0 Å². The van der Waals surface area contributed by atoms with Crippen molar-refractivity contribution >= 4 is 23.1 Å². The number of ketones is 1. The number of carbonyl (C=O) groups is 2. The molecule has 2 aromatic carbocycles. The number of Topliss-reactive ketones (excluding diaryl/α,β-unsaturated/α-hetero) is 1. The second-order valence-electron chi connectivity index (χ2n) is 5.37. The van der Waals surface area contributed by atoms with Crippen LogP contribution in [0.1, 0.15) is 24.2 Å². The van der Waals surface area contributed by atoms with Gasteiger partial charge in [0.2, 0.25) is 0 Å². The lowest BCUT2D eigenvalue weighted by Crippen LogP contribution is -2.20. The maximum Gasteiger partial charge on any atom is 0.267 e. The van der Waals surface area contributed by atoms with Crippen LogP contribution in [0.25, 0.3) is 0 Å². The van der Waals surface area contributed by atoms with E-state index in [1.807, 2.05) is 48.2 Å². The Kier molecular flexibility index (Phi) is 6.08. The highest BCUT2D eigenvalue weighted by Crippen LogP contribution is 2.16. The second-order valence-corrected chi connectivity index (χ2v) is 5.37. The first-order chi connectivity index (χ1) is 12.0. The van der Waals surface area contributed by atoms with Gasteiger partial charge in [0, 0.05) is 29.7 Å². The molecule has 0 unspecified atom stereocenters. The van der Waals surface area contributed by atoms with Gasteiger partial charge in [-0.05, 0) is 38.1 Å². The number of carbonyl (C=O) groups excluding carboxylic acids is 2. The quantitative estimate of drug-likeness (QED) is 0.496. The summed E-state index contributed by atoms with van der Waals surface area (Å²) in [5.74, 6) is -0.606. The van der Waals surface area contributed by atoms with Gasteiger partial charge in [-0.15, -0.1) is 0 Å². The smallest absolute Gasteiger partial charge is 0.267 e. The molecule has 0 heterocycles. The summed E-state index contributed by atoms with van der Waals surface area (Å²) < 4.78 is 0. The van der Waals surface area contributed by atoms with Gasteiger partial charge >= 0.3 is 0 Å². The highest BCUT2D eigenvalue weighted by Gasteiger charge is 2.12. The number of hydrogen-bond donors (Lipinski definition) is 1. The summed E-state index contributed by atoms with van der Waals surface area (Å²) in [5.41, 5.74) is 1.85. The standard InChI is InChI=1S/C20H19N3O2/c1-3-23(19-10-5-4-6-11-19)14-17(13-21)20(25)22-18-9-7-8-16(12-18)15(2)24/h4-12,14H,3H2,1-2H3,(H,22,25)/b17-14-. The minimum atomic E-state index is -0.516. The number of nitrogens with zero attached hydrogens (tertiary/aromatic N) is 2. The summed E-state index contributed by atoms with van der Waals surface area (Å²) in [7, 11) is 0. The van der Waals surface area contributed by atoms with E-state index in [-0.39, 0.29) is 11.4 Å². The molecule has 2 aromatic rings. The Labute approximate surface area is 147 Å². The molecule has 0 aromatic heterocycles. The maximum atomic E-state index is 12.4. The number of amides is 1. The molecule has 1 amide bonds. The van der Waals surface area contributed by atoms with E-state index in [0.29, 0.717) is 17.8 Å². The predicted molar refractivity (Wildman–Crippen MR) is 98.2 cm³/mol. The minimum absolute atomic E-state index is 0.0149. The molecule has 0 spiro atoms. The van der Waals surface area contributed by atoms with Crippen molar-refractivity contribution in [2.75, 3.05) is 16.8 Å². The van der Waals surface area contributed by atoms with Crippen molar-refractivity contribution in [3.63, 3.8) is 0 Å². The van der Waals surface area contributed by atoms with Gasteiger partial charge in [0.1, 0.15) is 11.6 Å². The molecule has 0 saturated heterocycles. The van der Waals surface area contributed by atoms with Crippen LogP contribution in [0.3, 0.4) is 0 Å². The van der Waals surface area contributed by atoms with Gasteiger partial charge < -0.3 is 10.2 Å². The predicted octanol–water partition coefficient (Wildman–Crippen LogP) is 3.76. The number of nitriles is 1. The monoisotopic (exact) mass is 333 g/mol. The summed E-state index contributed by atoms with van der Waals surface area (Å²) in [6.45, 7) is 4.01.